The molecule has 0 fully saturated rings. The Morgan fingerprint density at radius 3 is 2.50 bits per heavy atom. The number of nitriles is 1. The lowest BCUT2D eigenvalue weighted by Crippen LogP contribution is -3.00. The second-order valence-corrected chi connectivity index (χ2v) is 5.18. The van der Waals surface area contributed by atoms with Crippen LogP contribution in [0.15, 0.2) is 71.7 Å². The normalized spacial score (nSPS) is 18.5. The minimum Gasteiger partial charge on any atom is -1.00 e. The van der Waals surface area contributed by atoms with Crippen LogP contribution >= 0.6 is 0 Å². The molecule has 4 rings (SSSR count). The highest BCUT2D eigenvalue weighted by atomic mass is 35.5. The number of pyridine rings is 1. The van der Waals surface area contributed by atoms with Crippen molar-refractivity contribution < 1.29 is 21.4 Å². The lowest BCUT2D eigenvalue weighted by molar-refractivity contribution is -0.711. The van der Waals surface area contributed by atoms with Gasteiger partial charge in [0.1, 0.15) is 6.07 Å². The van der Waals surface area contributed by atoms with Gasteiger partial charge in [0, 0.05) is 23.3 Å². The molecule has 1 aliphatic rings. The fourth-order valence-corrected chi connectivity index (χ4v) is 3.20. The Labute approximate surface area is 134 Å². The maximum atomic E-state index is 9.61. The van der Waals surface area contributed by atoms with Gasteiger partial charge in [-0.05, 0) is 11.6 Å². The van der Waals surface area contributed by atoms with Crippen molar-refractivity contribution in [3.8, 4) is 6.07 Å². The van der Waals surface area contributed by atoms with Gasteiger partial charge in [-0.2, -0.15) is 9.83 Å². The van der Waals surface area contributed by atoms with Crippen LogP contribution in [-0.4, -0.2) is 0 Å². The smallest absolute Gasteiger partial charge is 0.269 e. The van der Waals surface area contributed by atoms with Crippen molar-refractivity contribution in [2.75, 3.05) is 0 Å². The lowest BCUT2D eigenvalue weighted by Gasteiger charge is -2.25. The maximum absolute atomic E-state index is 9.61. The zero-order valence-corrected chi connectivity index (χ0v) is 12.4. The van der Waals surface area contributed by atoms with Gasteiger partial charge in [0.2, 0.25) is 0 Å². The third kappa shape index (κ3) is 2.01. The molecule has 0 saturated carbocycles. The van der Waals surface area contributed by atoms with Gasteiger partial charge in [0.05, 0.1) is 18.4 Å². The molecule has 1 aromatic carbocycles. The Kier molecular flexibility index (Phi) is 3.70. The number of benzene rings is 1. The molecule has 0 bridgehead atoms. The summed E-state index contributed by atoms with van der Waals surface area (Å²) in [6, 6.07) is 18.4. The van der Waals surface area contributed by atoms with E-state index in [1.54, 1.807) is 12.5 Å². The van der Waals surface area contributed by atoms with E-state index < -0.39 is 0 Å². The second kappa shape index (κ2) is 5.67. The van der Waals surface area contributed by atoms with Crippen LogP contribution in [-0.2, 0) is 0 Å². The summed E-state index contributed by atoms with van der Waals surface area (Å²) in [5, 5.41) is 9.61. The summed E-state index contributed by atoms with van der Waals surface area (Å²) in [7, 11) is 0. The van der Waals surface area contributed by atoms with Crippen LogP contribution in [0, 0.1) is 11.3 Å². The van der Waals surface area contributed by atoms with Crippen LogP contribution in [0.5, 0.6) is 0 Å². The zero-order valence-electron chi connectivity index (χ0n) is 11.7. The van der Waals surface area contributed by atoms with Gasteiger partial charge in [-0.3, -0.25) is 0 Å². The van der Waals surface area contributed by atoms with Crippen molar-refractivity contribution in [3.05, 3.63) is 89.6 Å². The van der Waals surface area contributed by atoms with Crippen molar-refractivity contribution in [1.82, 2.24) is 0 Å². The Morgan fingerprint density at radius 2 is 1.77 bits per heavy atom. The molecule has 2 aromatic heterocycles. The van der Waals surface area contributed by atoms with E-state index in [-0.39, 0.29) is 24.4 Å². The van der Waals surface area contributed by atoms with Crippen molar-refractivity contribution in [1.29, 1.82) is 5.26 Å². The summed E-state index contributed by atoms with van der Waals surface area (Å²) in [4.78, 5) is 0. The van der Waals surface area contributed by atoms with Gasteiger partial charge in [-0.1, -0.05) is 30.3 Å². The number of furan rings is 1. The Bertz CT molecular complexity index is 789. The molecule has 4 heteroatoms. The predicted molar refractivity (Wildman–Crippen MR) is 76.5 cm³/mol. The molecule has 22 heavy (non-hydrogen) atoms. The first-order chi connectivity index (χ1) is 10.4. The SMILES string of the molecule is N#CC1c2ccccc2C(c2ccoc2)c2cccc[n+]21.[Cl-]. The predicted octanol–water partition coefficient (Wildman–Crippen LogP) is 0.178. The molecule has 3 aromatic rings. The van der Waals surface area contributed by atoms with E-state index in [0.29, 0.717) is 0 Å². The maximum Gasteiger partial charge on any atom is 0.269 e. The molecule has 0 amide bonds. The molecule has 108 valence electrons. The van der Waals surface area contributed by atoms with E-state index in [9.17, 15) is 5.26 Å². The molecule has 0 N–H and O–H groups in total. The van der Waals surface area contributed by atoms with E-state index >= 15 is 0 Å². The minimum absolute atomic E-state index is 0. The van der Waals surface area contributed by atoms with Crippen LogP contribution in [0.4, 0.5) is 0 Å². The molecule has 1 aliphatic heterocycles. The molecule has 0 saturated heterocycles. The molecule has 0 radical (unpaired) electrons. The van der Waals surface area contributed by atoms with E-state index in [1.807, 2.05) is 42.6 Å². The van der Waals surface area contributed by atoms with Crippen molar-refractivity contribution in [2.24, 2.45) is 0 Å². The van der Waals surface area contributed by atoms with Crippen molar-refractivity contribution in [2.45, 2.75) is 12.0 Å². The lowest BCUT2D eigenvalue weighted by atomic mass is 9.81. The Balaban J connectivity index is 0.00000144. The van der Waals surface area contributed by atoms with E-state index in [0.717, 1.165) is 16.8 Å². The van der Waals surface area contributed by atoms with E-state index in [4.69, 9.17) is 4.42 Å². The first-order valence-corrected chi connectivity index (χ1v) is 6.91. The summed E-state index contributed by atoms with van der Waals surface area (Å²) in [6.45, 7) is 0. The first-order valence-electron chi connectivity index (χ1n) is 6.91. The number of halogens is 1. The molecule has 0 aliphatic carbocycles. The fourth-order valence-electron chi connectivity index (χ4n) is 3.20. The largest absolute Gasteiger partial charge is 1.00 e. The summed E-state index contributed by atoms with van der Waals surface area (Å²) >= 11 is 0. The number of hydrogen-bond donors (Lipinski definition) is 0. The number of nitrogens with zero attached hydrogens (tertiary/aromatic N) is 2. The molecular weight excluding hydrogens is 296 g/mol. The van der Waals surface area contributed by atoms with Gasteiger partial charge < -0.3 is 16.8 Å². The van der Waals surface area contributed by atoms with Crippen LogP contribution < -0.4 is 17.0 Å². The topological polar surface area (TPSA) is 40.8 Å². The summed E-state index contributed by atoms with van der Waals surface area (Å²) in [5.41, 5.74) is 4.47. The minimum atomic E-state index is -0.277. The van der Waals surface area contributed by atoms with Crippen LogP contribution in [0.1, 0.15) is 34.3 Å². The number of hydrogen-bond acceptors (Lipinski definition) is 2. The average Bonchev–Trinajstić information content (AvgIpc) is 3.06. The molecule has 3 heterocycles. The summed E-state index contributed by atoms with van der Waals surface area (Å²) < 4.78 is 7.33. The molecule has 3 nitrogen and oxygen atoms in total. The number of aromatic nitrogens is 1. The highest BCUT2D eigenvalue weighted by Gasteiger charge is 2.39. The fraction of sp³-hybridized carbons (Fsp3) is 0.111. The molecule has 2 unspecified atom stereocenters. The van der Waals surface area contributed by atoms with Gasteiger partial charge in [-0.25, -0.2) is 0 Å². The standard InChI is InChI=1S/C18H13N2O.ClH/c19-11-17-14-5-1-2-6-15(14)18(13-8-10-21-12-13)16-7-3-4-9-20(16)17;/h1-10,12,17-18H;1H/q+1;/p-1. The Morgan fingerprint density at radius 1 is 1.00 bits per heavy atom. The average molecular weight is 309 g/mol. The third-order valence-electron chi connectivity index (χ3n) is 4.10. The first kappa shape index (κ1) is 14.4. The highest BCUT2D eigenvalue weighted by molar-refractivity contribution is 5.46. The van der Waals surface area contributed by atoms with Crippen LogP contribution in [0.3, 0.4) is 0 Å². The van der Waals surface area contributed by atoms with Crippen LogP contribution in [0.2, 0.25) is 0 Å². The number of fused-ring (bicyclic) bond motifs is 2. The Hall–Kier alpha value is -2.57. The van der Waals surface area contributed by atoms with E-state index in [1.165, 1.54) is 5.56 Å². The number of rotatable bonds is 1. The van der Waals surface area contributed by atoms with Crippen LogP contribution in [0.25, 0.3) is 0 Å². The molecule has 0 spiro atoms. The quantitative estimate of drug-likeness (QED) is 0.602. The van der Waals surface area contributed by atoms with Gasteiger partial charge >= 0.3 is 0 Å². The van der Waals surface area contributed by atoms with Crippen molar-refractivity contribution >= 4 is 0 Å². The molecular formula is C18H13ClN2O. The van der Waals surface area contributed by atoms with Gasteiger partial charge in [-0.15, -0.1) is 0 Å². The van der Waals surface area contributed by atoms with Crippen molar-refractivity contribution in [3.63, 3.8) is 0 Å². The zero-order chi connectivity index (χ0) is 14.2. The second-order valence-electron chi connectivity index (χ2n) is 5.18. The van der Waals surface area contributed by atoms with Gasteiger partial charge in [0.15, 0.2) is 11.9 Å². The van der Waals surface area contributed by atoms with Gasteiger partial charge in [0.25, 0.3) is 6.04 Å². The highest BCUT2D eigenvalue weighted by Crippen LogP contribution is 2.38. The molecule has 2 atom stereocenters. The summed E-state index contributed by atoms with van der Waals surface area (Å²) in [5.74, 6) is 0.103. The van der Waals surface area contributed by atoms with E-state index in [2.05, 4.69) is 22.8 Å². The third-order valence-corrected chi connectivity index (χ3v) is 4.10. The monoisotopic (exact) mass is 308 g/mol. The summed E-state index contributed by atoms with van der Waals surface area (Å²) in [6.07, 6.45) is 5.46.